The molecule has 3 aliphatic rings. The molecule has 1 aromatic heterocycles. The topological polar surface area (TPSA) is 29.9 Å². The number of hydrogen-bond donors (Lipinski definition) is 1. The maximum atomic E-state index is 4.95. The van der Waals surface area contributed by atoms with Crippen LogP contribution in [0.1, 0.15) is 63.1 Å². The SMILES string of the molecule is CNCC1(Cc2ccn(C3CCCCC3)n2)CC2CC2C1. The summed E-state index contributed by atoms with van der Waals surface area (Å²) in [5.41, 5.74) is 1.82. The van der Waals surface area contributed by atoms with Gasteiger partial charge >= 0.3 is 0 Å². The van der Waals surface area contributed by atoms with Crippen molar-refractivity contribution in [1.29, 1.82) is 0 Å². The summed E-state index contributed by atoms with van der Waals surface area (Å²) in [4.78, 5) is 0. The highest BCUT2D eigenvalue weighted by Crippen LogP contribution is 2.60. The Hall–Kier alpha value is -0.830. The van der Waals surface area contributed by atoms with Crippen LogP contribution in [0.2, 0.25) is 0 Å². The minimum atomic E-state index is 0.494. The minimum absolute atomic E-state index is 0.494. The number of hydrogen-bond acceptors (Lipinski definition) is 2. The van der Waals surface area contributed by atoms with Crippen molar-refractivity contribution in [2.75, 3.05) is 13.6 Å². The van der Waals surface area contributed by atoms with Crippen LogP contribution in [0.5, 0.6) is 0 Å². The molecule has 21 heavy (non-hydrogen) atoms. The largest absolute Gasteiger partial charge is 0.319 e. The standard InChI is InChI=1S/C18H29N3/c1-19-13-18(10-14-9-15(14)11-18)12-16-7-8-21(20-16)17-5-3-2-4-6-17/h7-8,14-15,17,19H,2-6,9-13H2,1H3. The van der Waals surface area contributed by atoms with Crippen molar-refractivity contribution in [3.63, 3.8) is 0 Å². The van der Waals surface area contributed by atoms with Crippen LogP contribution in [-0.4, -0.2) is 23.4 Å². The summed E-state index contributed by atoms with van der Waals surface area (Å²) in [7, 11) is 2.10. The Balaban J connectivity index is 1.45. The molecule has 3 nitrogen and oxygen atoms in total. The van der Waals surface area contributed by atoms with Gasteiger partial charge in [-0.2, -0.15) is 5.10 Å². The summed E-state index contributed by atoms with van der Waals surface area (Å²) < 4.78 is 2.28. The predicted molar refractivity (Wildman–Crippen MR) is 85.2 cm³/mol. The first-order chi connectivity index (χ1) is 10.3. The number of rotatable bonds is 5. The molecule has 0 aromatic carbocycles. The van der Waals surface area contributed by atoms with E-state index in [0.717, 1.165) is 18.4 Å². The third kappa shape index (κ3) is 2.77. The van der Waals surface area contributed by atoms with E-state index < -0.39 is 0 Å². The Morgan fingerprint density at radius 3 is 2.71 bits per heavy atom. The highest BCUT2D eigenvalue weighted by molar-refractivity contribution is 5.11. The van der Waals surface area contributed by atoms with Gasteiger partial charge in [0.15, 0.2) is 0 Å². The lowest BCUT2D eigenvalue weighted by molar-refractivity contribution is 0.250. The van der Waals surface area contributed by atoms with E-state index in [0.29, 0.717) is 11.5 Å². The molecule has 3 heteroatoms. The molecule has 0 spiro atoms. The molecule has 0 aliphatic heterocycles. The Kier molecular flexibility index (Phi) is 3.56. The van der Waals surface area contributed by atoms with Crippen LogP contribution in [0.4, 0.5) is 0 Å². The zero-order valence-corrected chi connectivity index (χ0v) is 13.4. The maximum absolute atomic E-state index is 4.95. The summed E-state index contributed by atoms with van der Waals surface area (Å²) in [6.45, 7) is 1.16. The second kappa shape index (κ2) is 5.42. The summed E-state index contributed by atoms with van der Waals surface area (Å²) in [5, 5.41) is 8.40. The Labute approximate surface area is 128 Å². The third-order valence-electron chi connectivity index (χ3n) is 6.18. The smallest absolute Gasteiger partial charge is 0.0630 e. The first-order valence-corrected chi connectivity index (χ1v) is 8.97. The normalized spacial score (nSPS) is 35.9. The molecular formula is C18H29N3. The van der Waals surface area contributed by atoms with E-state index in [1.807, 2.05) is 0 Å². The van der Waals surface area contributed by atoms with Gasteiger partial charge in [-0.05, 0) is 68.9 Å². The van der Waals surface area contributed by atoms with Gasteiger partial charge in [-0.3, -0.25) is 4.68 Å². The van der Waals surface area contributed by atoms with Crippen molar-refractivity contribution in [2.45, 2.75) is 63.8 Å². The van der Waals surface area contributed by atoms with E-state index in [2.05, 4.69) is 29.3 Å². The van der Waals surface area contributed by atoms with E-state index in [1.54, 1.807) is 0 Å². The van der Waals surface area contributed by atoms with Crippen molar-refractivity contribution in [3.05, 3.63) is 18.0 Å². The zero-order valence-electron chi connectivity index (χ0n) is 13.4. The second-order valence-corrected chi connectivity index (χ2v) is 7.95. The van der Waals surface area contributed by atoms with E-state index in [4.69, 9.17) is 5.10 Å². The lowest BCUT2D eigenvalue weighted by Crippen LogP contribution is -2.33. The highest BCUT2D eigenvalue weighted by atomic mass is 15.3. The van der Waals surface area contributed by atoms with Gasteiger partial charge in [0.05, 0.1) is 11.7 Å². The molecule has 3 saturated carbocycles. The average Bonchev–Trinajstić information content (AvgIpc) is 2.91. The molecule has 2 atom stereocenters. The Bertz CT molecular complexity index is 476. The van der Waals surface area contributed by atoms with Crippen LogP contribution < -0.4 is 5.32 Å². The summed E-state index contributed by atoms with van der Waals surface area (Å²) >= 11 is 0. The van der Waals surface area contributed by atoms with Gasteiger partial charge in [-0.1, -0.05) is 19.3 Å². The summed E-state index contributed by atoms with van der Waals surface area (Å²) in [5.74, 6) is 2.08. The molecule has 116 valence electrons. The van der Waals surface area contributed by atoms with Gasteiger partial charge in [-0.15, -0.1) is 0 Å². The van der Waals surface area contributed by atoms with Crippen molar-refractivity contribution in [3.8, 4) is 0 Å². The first-order valence-electron chi connectivity index (χ1n) is 8.97. The second-order valence-electron chi connectivity index (χ2n) is 7.95. The first kappa shape index (κ1) is 13.8. The molecule has 0 saturated heterocycles. The number of nitrogens with one attached hydrogen (secondary N) is 1. The Morgan fingerprint density at radius 1 is 1.24 bits per heavy atom. The van der Waals surface area contributed by atoms with Crippen LogP contribution in [0.15, 0.2) is 12.3 Å². The van der Waals surface area contributed by atoms with Crippen LogP contribution in [-0.2, 0) is 6.42 Å². The molecule has 0 amide bonds. The van der Waals surface area contributed by atoms with Crippen LogP contribution >= 0.6 is 0 Å². The molecule has 1 aromatic rings. The quantitative estimate of drug-likeness (QED) is 0.897. The fourth-order valence-corrected chi connectivity index (χ4v) is 5.14. The number of fused-ring (bicyclic) bond motifs is 1. The molecule has 4 rings (SSSR count). The van der Waals surface area contributed by atoms with Crippen molar-refractivity contribution >= 4 is 0 Å². The molecule has 1 heterocycles. The molecule has 2 unspecified atom stereocenters. The molecule has 3 fully saturated rings. The molecule has 0 radical (unpaired) electrons. The van der Waals surface area contributed by atoms with Crippen molar-refractivity contribution < 1.29 is 0 Å². The maximum Gasteiger partial charge on any atom is 0.0630 e. The summed E-state index contributed by atoms with van der Waals surface area (Å²) in [6, 6.07) is 2.96. The summed E-state index contributed by atoms with van der Waals surface area (Å²) in [6.07, 6.45) is 14.6. The molecule has 3 aliphatic carbocycles. The van der Waals surface area contributed by atoms with Crippen molar-refractivity contribution in [2.24, 2.45) is 17.3 Å². The van der Waals surface area contributed by atoms with Crippen LogP contribution in [0.25, 0.3) is 0 Å². The van der Waals surface area contributed by atoms with Gasteiger partial charge in [0.1, 0.15) is 0 Å². The average molecular weight is 287 g/mol. The molecule has 0 bridgehead atoms. The van der Waals surface area contributed by atoms with Gasteiger partial charge in [0.2, 0.25) is 0 Å². The monoisotopic (exact) mass is 287 g/mol. The fourth-order valence-electron chi connectivity index (χ4n) is 5.14. The zero-order chi connectivity index (χ0) is 14.3. The lowest BCUT2D eigenvalue weighted by Gasteiger charge is -2.30. The van der Waals surface area contributed by atoms with Crippen molar-refractivity contribution in [1.82, 2.24) is 15.1 Å². The van der Waals surface area contributed by atoms with Gasteiger partial charge in [-0.25, -0.2) is 0 Å². The Morgan fingerprint density at radius 2 is 2.00 bits per heavy atom. The fraction of sp³-hybridized carbons (Fsp3) is 0.833. The van der Waals surface area contributed by atoms with Crippen LogP contribution in [0.3, 0.4) is 0 Å². The van der Waals surface area contributed by atoms with Gasteiger partial charge in [0.25, 0.3) is 0 Å². The van der Waals surface area contributed by atoms with E-state index in [-0.39, 0.29) is 0 Å². The third-order valence-corrected chi connectivity index (χ3v) is 6.18. The molecule has 1 N–H and O–H groups in total. The van der Waals surface area contributed by atoms with E-state index in [9.17, 15) is 0 Å². The molecular weight excluding hydrogens is 258 g/mol. The number of nitrogens with zero attached hydrogens (tertiary/aromatic N) is 2. The van der Waals surface area contributed by atoms with Gasteiger partial charge < -0.3 is 5.32 Å². The lowest BCUT2D eigenvalue weighted by atomic mass is 9.78. The predicted octanol–water partition coefficient (Wildman–Crippen LogP) is 3.57. The van der Waals surface area contributed by atoms with E-state index in [1.165, 1.54) is 63.5 Å². The number of aromatic nitrogens is 2. The highest BCUT2D eigenvalue weighted by Gasteiger charge is 2.53. The van der Waals surface area contributed by atoms with Gasteiger partial charge in [0, 0.05) is 12.7 Å². The minimum Gasteiger partial charge on any atom is -0.319 e. The van der Waals surface area contributed by atoms with E-state index >= 15 is 0 Å². The van der Waals surface area contributed by atoms with Crippen LogP contribution in [0, 0.1) is 17.3 Å².